The zero-order valence-corrected chi connectivity index (χ0v) is 12.9. The van der Waals surface area contributed by atoms with Crippen LogP contribution in [0.25, 0.3) is 0 Å². The van der Waals surface area contributed by atoms with E-state index in [1.165, 1.54) is 11.0 Å². The fourth-order valence-corrected chi connectivity index (χ4v) is 3.70. The monoisotopic (exact) mass is 312 g/mol. The zero-order chi connectivity index (χ0) is 15.4. The molecule has 0 bridgehead atoms. The molecule has 0 unspecified atom stereocenters. The molecule has 21 heavy (non-hydrogen) atoms. The van der Waals surface area contributed by atoms with Gasteiger partial charge in [-0.2, -0.15) is 0 Å². The Hall–Kier alpha value is -1.63. The van der Waals surface area contributed by atoms with Crippen molar-refractivity contribution in [2.45, 2.75) is 58.0 Å². The molecule has 6 nitrogen and oxygen atoms in total. The molecule has 0 aliphatic heterocycles. The normalized spacial score (nSPS) is 15.9. The number of thiazole rings is 1. The number of nitrogens with zero attached hydrogens (tertiary/aromatic N) is 1. The summed E-state index contributed by atoms with van der Waals surface area (Å²) < 4.78 is 1.28. The number of nitrogens with one attached hydrogen (secondary N) is 1. The van der Waals surface area contributed by atoms with Crippen LogP contribution in [-0.4, -0.2) is 27.6 Å². The highest BCUT2D eigenvalue weighted by molar-refractivity contribution is 7.11. The number of carboxylic acid groups (broad SMARTS) is 1. The van der Waals surface area contributed by atoms with Crippen molar-refractivity contribution < 1.29 is 14.7 Å². The largest absolute Gasteiger partial charge is 0.477 e. The van der Waals surface area contributed by atoms with Gasteiger partial charge in [0.1, 0.15) is 11.4 Å². The maximum absolute atomic E-state index is 12.1. The summed E-state index contributed by atoms with van der Waals surface area (Å²) in [6, 6.07) is 0.185. The summed E-state index contributed by atoms with van der Waals surface area (Å²) >= 11 is 0.690. The summed E-state index contributed by atoms with van der Waals surface area (Å²) in [5, 5.41) is 12.0. The molecule has 2 N–H and O–H groups in total. The highest BCUT2D eigenvalue weighted by Crippen LogP contribution is 2.18. The highest BCUT2D eigenvalue weighted by Gasteiger charge is 2.21. The van der Waals surface area contributed by atoms with Gasteiger partial charge >= 0.3 is 10.8 Å². The lowest BCUT2D eigenvalue weighted by atomic mass is 9.95. The molecule has 1 aliphatic rings. The number of amides is 1. The highest BCUT2D eigenvalue weighted by atomic mass is 32.1. The quantitative estimate of drug-likeness (QED) is 0.864. The van der Waals surface area contributed by atoms with Crippen LogP contribution >= 0.6 is 11.3 Å². The third-order valence-electron chi connectivity index (χ3n) is 3.80. The first kappa shape index (κ1) is 15.8. The molecule has 7 heteroatoms. The van der Waals surface area contributed by atoms with E-state index in [4.69, 9.17) is 5.11 Å². The van der Waals surface area contributed by atoms with Crippen LogP contribution in [0, 0.1) is 0 Å². The van der Waals surface area contributed by atoms with Crippen molar-refractivity contribution in [2.75, 3.05) is 0 Å². The summed E-state index contributed by atoms with van der Waals surface area (Å²) in [7, 11) is 0. The minimum absolute atomic E-state index is 0.0352. The van der Waals surface area contributed by atoms with Crippen LogP contribution in [0.1, 0.15) is 54.4 Å². The molecule has 0 radical (unpaired) electrons. The summed E-state index contributed by atoms with van der Waals surface area (Å²) in [6.45, 7) is 1.69. The molecule has 1 aliphatic carbocycles. The van der Waals surface area contributed by atoms with Crippen molar-refractivity contribution >= 4 is 23.2 Å². The first-order chi connectivity index (χ1) is 10.0. The van der Waals surface area contributed by atoms with Gasteiger partial charge in [-0.25, -0.2) is 4.79 Å². The minimum Gasteiger partial charge on any atom is -0.477 e. The third kappa shape index (κ3) is 3.72. The maximum atomic E-state index is 12.1. The third-order valence-corrected chi connectivity index (χ3v) is 4.81. The Morgan fingerprint density at radius 2 is 2.00 bits per heavy atom. The van der Waals surface area contributed by atoms with E-state index in [-0.39, 0.29) is 28.2 Å². The predicted octanol–water partition coefficient (Wildman–Crippen LogP) is 1.62. The van der Waals surface area contributed by atoms with Crippen LogP contribution in [0.3, 0.4) is 0 Å². The number of hydrogen-bond donors (Lipinski definition) is 2. The van der Waals surface area contributed by atoms with Crippen molar-refractivity contribution in [1.29, 1.82) is 0 Å². The van der Waals surface area contributed by atoms with Crippen LogP contribution in [0.2, 0.25) is 0 Å². The second-order valence-corrected chi connectivity index (χ2v) is 6.25. The molecule has 0 aromatic carbocycles. The Bertz CT molecular complexity index is 584. The molecular formula is C14H20N2O4S. The van der Waals surface area contributed by atoms with Gasteiger partial charge in [0, 0.05) is 11.7 Å². The SMILES string of the molecule is CCc1c(C(=O)O)sc(=O)n1CC(=O)NC1CCCCC1. The van der Waals surface area contributed by atoms with Gasteiger partial charge in [0.05, 0.1) is 0 Å². The summed E-state index contributed by atoms with van der Waals surface area (Å²) in [4.78, 5) is 34.7. The summed E-state index contributed by atoms with van der Waals surface area (Å²) in [5.74, 6) is -1.33. The number of hydrogen-bond acceptors (Lipinski definition) is 4. The molecule has 0 spiro atoms. The first-order valence-electron chi connectivity index (χ1n) is 7.28. The van der Waals surface area contributed by atoms with Crippen molar-refractivity contribution in [3.63, 3.8) is 0 Å². The molecule has 1 saturated carbocycles. The van der Waals surface area contributed by atoms with E-state index in [0.717, 1.165) is 25.7 Å². The molecule has 2 rings (SSSR count). The van der Waals surface area contributed by atoms with E-state index >= 15 is 0 Å². The second kappa shape index (κ2) is 6.89. The lowest BCUT2D eigenvalue weighted by Gasteiger charge is -2.22. The van der Waals surface area contributed by atoms with Gasteiger partial charge in [0.25, 0.3) is 0 Å². The predicted molar refractivity (Wildman–Crippen MR) is 79.9 cm³/mol. The van der Waals surface area contributed by atoms with E-state index < -0.39 is 5.97 Å². The Kier molecular flexibility index (Phi) is 5.17. The zero-order valence-electron chi connectivity index (χ0n) is 12.1. The van der Waals surface area contributed by atoms with E-state index in [2.05, 4.69) is 5.32 Å². The van der Waals surface area contributed by atoms with Crippen LogP contribution < -0.4 is 10.2 Å². The van der Waals surface area contributed by atoms with E-state index in [1.807, 2.05) is 0 Å². The summed E-state index contributed by atoms with van der Waals surface area (Å²) in [5.41, 5.74) is 0.427. The smallest absolute Gasteiger partial charge is 0.347 e. The fraction of sp³-hybridized carbons (Fsp3) is 0.643. The van der Waals surface area contributed by atoms with Gasteiger partial charge < -0.3 is 10.4 Å². The molecule has 1 aromatic heterocycles. The van der Waals surface area contributed by atoms with Gasteiger partial charge in [0.2, 0.25) is 5.91 Å². The maximum Gasteiger partial charge on any atom is 0.347 e. The van der Waals surface area contributed by atoms with E-state index in [9.17, 15) is 14.4 Å². The second-order valence-electron chi connectivity index (χ2n) is 5.29. The van der Waals surface area contributed by atoms with Crippen LogP contribution in [0.5, 0.6) is 0 Å². The van der Waals surface area contributed by atoms with Crippen LogP contribution in [0.15, 0.2) is 4.79 Å². The van der Waals surface area contributed by atoms with Gasteiger partial charge in [-0.3, -0.25) is 14.2 Å². The number of aromatic nitrogens is 1. The fourth-order valence-electron chi connectivity index (χ4n) is 2.78. The van der Waals surface area contributed by atoms with Gasteiger partial charge in [-0.15, -0.1) is 0 Å². The van der Waals surface area contributed by atoms with Gasteiger partial charge in [-0.1, -0.05) is 37.5 Å². The molecule has 0 atom stereocenters. The molecule has 116 valence electrons. The van der Waals surface area contributed by atoms with Crippen molar-refractivity contribution in [2.24, 2.45) is 0 Å². The number of carbonyl (C=O) groups excluding carboxylic acids is 1. The number of carboxylic acids is 1. The average Bonchev–Trinajstić information content (AvgIpc) is 2.76. The van der Waals surface area contributed by atoms with Crippen molar-refractivity contribution in [3.8, 4) is 0 Å². The Morgan fingerprint density at radius 1 is 1.33 bits per heavy atom. The number of aromatic carboxylic acids is 1. The molecule has 0 saturated heterocycles. The van der Waals surface area contributed by atoms with E-state index in [1.54, 1.807) is 6.92 Å². The molecule has 1 heterocycles. The standard InChI is InChI=1S/C14H20N2O4S/c1-2-10-12(13(18)19)21-14(20)16(10)8-11(17)15-9-6-4-3-5-7-9/h9H,2-8H2,1H3,(H,15,17)(H,18,19). The molecule has 1 fully saturated rings. The average molecular weight is 312 g/mol. The first-order valence-corrected chi connectivity index (χ1v) is 8.09. The van der Waals surface area contributed by atoms with E-state index in [0.29, 0.717) is 23.5 Å². The van der Waals surface area contributed by atoms with Crippen LogP contribution in [0.4, 0.5) is 0 Å². The Morgan fingerprint density at radius 3 is 2.57 bits per heavy atom. The van der Waals surface area contributed by atoms with Crippen molar-refractivity contribution in [3.05, 3.63) is 20.2 Å². The summed E-state index contributed by atoms with van der Waals surface area (Å²) in [6.07, 6.45) is 5.81. The number of rotatable bonds is 5. The lowest BCUT2D eigenvalue weighted by molar-refractivity contribution is -0.122. The Labute approximate surface area is 126 Å². The number of carbonyl (C=O) groups is 2. The van der Waals surface area contributed by atoms with Gasteiger partial charge in [-0.05, 0) is 19.3 Å². The van der Waals surface area contributed by atoms with Gasteiger partial charge in [0.15, 0.2) is 0 Å². The molecule has 1 aromatic rings. The lowest BCUT2D eigenvalue weighted by Crippen LogP contribution is -2.39. The van der Waals surface area contributed by atoms with Crippen molar-refractivity contribution in [1.82, 2.24) is 9.88 Å². The topological polar surface area (TPSA) is 88.4 Å². The Balaban J connectivity index is 2.09. The molecule has 1 amide bonds. The molecular weight excluding hydrogens is 292 g/mol. The van der Waals surface area contributed by atoms with Crippen LogP contribution in [-0.2, 0) is 17.8 Å². The minimum atomic E-state index is -1.11.